The van der Waals surface area contributed by atoms with Gasteiger partial charge in [-0.1, -0.05) is 30.3 Å². The average Bonchev–Trinajstić information content (AvgIpc) is 3.33. The van der Waals surface area contributed by atoms with E-state index < -0.39 is 6.10 Å². The second kappa shape index (κ2) is 7.51. The fraction of sp³-hybridized carbons (Fsp3) is 0.200. The van der Waals surface area contributed by atoms with E-state index in [4.69, 9.17) is 4.42 Å². The van der Waals surface area contributed by atoms with E-state index in [2.05, 4.69) is 27.0 Å². The number of furan rings is 1. The first-order valence-electron chi connectivity index (χ1n) is 8.53. The van der Waals surface area contributed by atoms with Gasteiger partial charge in [0.25, 0.3) is 0 Å². The van der Waals surface area contributed by atoms with Crippen LogP contribution < -0.4 is 0 Å². The molecule has 1 atom stereocenters. The summed E-state index contributed by atoms with van der Waals surface area (Å²) in [6, 6.07) is 13.8. The van der Waals surface area contributed by atoms with Crippen LogP contribution in [0.25, 0.3) is 5.65 Å². The summed E-state index contributed by atoms with van der Waals surface area (Å²) < 4.78 is 7.37. The quantitative estimate of drug-likeness (QED) is 0.556. The molecule has 0 bridgehead atoms. The fourth-order valence-electron chi connectivity index (χ4n) is 3.08. The number of hydrogen-bond donors (Lipinski definition) is 1. The van der Waals surface area contributed by atoms with Crippen molar-refractivity contribution >= 4 is 5.65 Å². The minimum Gasteiger partial charge on any atom is -0.467 e. The Kier molecular flexibility index (Phi) is 4.77. The molecule has 1 aromatic carbocycles. The molecule has 0 aliphatic heterocycles. The lowest BCUT2D eigenvalue weighted by Gasteiger charge is -2.24. The molecule has 0 saturated carbocycles. The number of aliphatic hydroxyl groups is 1. The fourth-order valence-corrected chi connectivity index (χ4v) is 3.08. The maximum absolute atomic E-state index is 10.5. The summed E-state index contributed by atoms with van der Waals surface area (Å²) in [6.07, 6.45) is 8.14. The van der Waals surface area contributed by atoms with Crippen LogP contribution in [0.5, 0.6) is 0 Å². The molecule has 6 nitrogen and oxygen atoms in total. The lowest BCUT2D eigenvalue weighted by Crippen LogP contribution is -2.28. The lowest BCUT2D eigenvalue weighted by atomic mass is 10.2. The first kappa shape index (κ1) is 16.5. The summed E-state index contributed by atoms with van der Waals surface area (Å²) in [5.41, 5.74) is 3.05. The van der Waals surface area contributed by atoms with Crippen LogP contribution in [0.2, 0.25) is 0 Å². The highest BCUT2D eigenvalue weighted by molar-refractivity contribution is 5.36. The van der Waals surface area contributed by atoms with Gasteiger partial charge >= 0.3 is 0 Å². The highest BCUT2D eigenvalue weighted by Gasteiger charge is 2.18. The Labute approximate surface area is 151 Å². The number of rotatable bonds is 7. The Morgan fingerprint density at radius 1 is 1.08 bits per heavy atom. The van der Waals surface area contributed by atoms with Crippen LogP contribution in [0, 0.1) is 0 Å². The van der Waals surface area contributed by atoms with Gasteiger partial charge in [0.15, 0.2) is 5.65 Å². The maximum atomic E-state index is 10.5. The van der Waals surface area contributed by atoms with Crippen LogP contribution >= 0.6 is 0 Å². The SMILES string of the molecule is OC(CN(Cc1ccccc1)Cc1cnc2cnccn12)c1ccco1. The molecule has 3 heterocycles. The zero-order valence-corrected chi connectivity index (χ0v) is 14.3. The van der Waals surface area contributed by atoms with Crippen molar-refractivity contribution < 1.29 is 9.52 Å². The topological polar surface area (TPSA) is 66.8 Å². The van der Waals surface area contributed by atoms with Gasteiger partial charge in [-0.3, -0.25) is 14.3 Å². The standard InChI is InChI=1S/C20H20N4O2/c25-18(19-7-4-10-26-19)15-23(13-16-5-2-1-3-6-16)14-17-11-22-20-12-21-8-9-24(17)20/h1-12,18,25H,13-15H2. The summed E-state index contributed by atoms with van der Waals surface area (Å²) in [7, 11) is 0. The van der Waals surface area contributed by atoms with Gasteiger partial charge in [-0.2, -0.15) is 0 Å². The normalized spacial score (nSPS) is 12.7. The molecule has 0 amide bonds. The molecular formula is C20H20N4O2. The monoisotopic (exact) mass is 348 g/mol. The number of nitrogens with zero attached hydrogens (tertiary/aromatic N) is 4. The van der Waals surface area contributed by atoms with Crippen molar-refractivity contribution in [3.8, 4) is 0 Å². The van der Waals surface area contributed by atoms with Crippen molar-refractivity contribution in [2.75, 3.05) is 6.54 Å². The number of aromatic nitrogens is 3. The van der Waals surface area contributed by atoms with Crippen molar-refractivity contribution in [1.82, 2.24) is 19.3 Å². The van der Waals surface area contributed by atoms with Crippen LogP contribution in [0.3, 0.4) is 0 Å². The highest BCUT2D eigenvalue weighted by atomic mass is 16.4. The Morgan fingerprint density at radius 3 is 2.77 bits per heavy atom. The van der Waals surface area contributed by atoms with E-state index in [-0.39, 0.29) is 0 Å². The molecular weight excluding hydrogens is 328 g/mol. The van der Waals surface area contributed by atoms with Gasteiger partial charge in [0.1, 0.15) is 11.9 Å². The van der Waals surface area contributed by atoms with E-state index >= 15 is 0 Å². The molecule has 0 aliphatic rings. The summed E-state index contributed by atoms with van der Waals surface area (Å²) in [6.45, 7) is 1.83. The van der Waals surface area contributed by atoms with Gasteiger partial charge in [0, 0.05) is 32.0 Å². The van der Waals surface area contributed by atoms with Crippen LogP contribution in [-0.2, 0) is 13.1 Å². The molecule has 6 heteroatoms. The molecule has 3 aromatic heterocycles. The number of benzene rings is 1. The van der Waals surface area contributed by atoms with Crippen LogP contribution in [0.1, 0.15) is 23.1 Å². The van der Waals surface area contributed by atoms with Gasteiger partial charge in [-0.15, -0.1) is 0 Å². The van der Waals surface area contributed by atoms with Crippen LogP contribution in [-0.4, -0.2) is 30.9 Å². The van der Waals surface area contributed by atoms with E-state index in [1.807, 2.05) is 35.0 Å². The molecule has 0 fully saturated rings. The molecule has 1 unspecified atom stereocenters. The second-order valence-electron chi connectivity index (χ2n) is 6.24. The predicted molar refractivity (Wildman–Crippen MR) is 97.2 cm³/mol. The number of hydrogen-bond acceptors (Lipinski definition) is 5. The third kappa shape index (κ3) is 3.66. The van der Waals surface area contributed by atoms with Gasteiger partial charge in [0.05, 0.1) is 24.4 Å². The predicted octanol–water partition coefficient (Wildman–Crippen LogP) is 3.06. The van der Waals surface area contributed by atoms with Crippen molar-refractivity contribution in [3.63, 3.8) is 0 Å². The zero-order chi connectivity index (χ0) is 17.8. The molecule has 0 radical (unpaired) electrons. The Bertz CT molecular complexity index is 950. The summed E-state index contributed by atoms with van der Waals surface area (Å²) in [4.78, 5) is 10.7. The van der Waals surface area contributed by atoms with E-state index in [1.54, 1.807) is 30.8 Å². The van der Waals surface area contributed by atoms with E-state index in [1.165, 1.54) is 5.56 Å². The average molecular weight is 348 g/mol. The van der Waals surface area contributed by atoms with E-state index in [9.17, 15) is 5.11 Å². The van der Waals surface area contributed by atoms with Crippen molar-refractivity contribution in [3.05, 3.63) is 90.5 Å². The molecule has 1 N–H and O–H groups in total. The van der Waals surface area contributed by atoms with Gasteiger partial charge in [-0.05, 0) is 17.7 Å². The van der Waals surface area contributed by atoms with Gasteiger partial charge in [0.2, 0.25) is 0 Å². The smallest absolute Gasteiger partial charge is 0.155 e. The number of aliphatic hydroxyl groups excluding tert-OH is 1. The molecule has 26 heavy (non-hydrogen) atoms. The number of fused-ring (bicyclic) bond motifs is 1. The Morgan fingerprint density at radius 2 is 1.96 bits per heavy atom. The third-order valence-electron chi connectivity index (χ3n) is 4.33. The minimum atomic E-state index is -0.686. The molecule has 0 aliphatic carbocycles. The number of imidazole rings is 1. The third-order valence-corrected chi connectivity index (χ3v) is 4.33. The van der Waals surface area contributed by atoms with Crippen molar-refractivity contribution in [1.29, 1.82) is 0 Å². The molecule has 4 rings (SSSR count). The van der Waals surface area contributed by atoms with Crippen LogP contribution in [0.4, 0.5) is 0 Å². The maximum Gasteiger partial charge on any atom is 0.155 e. The van der Waals surface area contributed by atoms with Crippen LogP contribution in [0.15, 0.2) is 77.9 Å². The zero-order valence-electron chi connectivity index (χ0n) is 14.3. The molecule has 132 valence electrons. The summed E-state index contributed by atoms with van der Waals surface area (Å²) >= 11 is 0. The van der Waals surface area contributed by atoms with Crippen molar-refractivity contribution in [2.24, 2.45) is 0 Å². The molecule has 0 saturated heterocycles. The first-order chi connectivity index (χ1) is 12.8. The second-order valence-corrected chi connectivity index (χ2v) is 6.24. The first-order valence-corrected chi connectivity index (χ1v) is 8.53. The molecule has 4 aromatic rings. The highest BCUT2D eigenvalue weighted by Crippen LogP contribution is 2.18. The minimum absolute atomic E-state index is 0.459. The molecule has 0 spiro atoms. The van der Waals surface area contributed by atoms with Crippen molar-refractivity contribution in [2.45, 2.75) is 19.2 Å². The summed E-state index contributed by atoms with van der Waals surface area (Å²) in [5.74, 6) is 0.574. The van der Waals surface area contributed by atoms with E-state index in [0.717, 1.165) is 17.9 Å². The lowest BCUT2D eigenvalue weighted by molar-refractivity contribution is 0.0865. The largest absolute Gasteiger partial charge is 0.467 e. The van der Waals surface area contributed by atoms with E-state index in [0.29, 0.717) is 18.8 Å². The Hall–Kier alpha value is -2.96. The Balaban J connectivity index is 1.57. The van der Waals surface area contributed by atoms with Gasteiger partial charge < -0.3 is 9.52 Å². The van der Waals surface area contributed by atoms with Gasteiger partial charge in [-0.25, -0.2) is 4.98 Å². The summed E-state index contributed by atoms with van der Waals surface area (Å²) in [5, 5.41) is 10.5.